The maximum Gasteiger partial charge on any atom is 0.309 e. The van der Waals surface area contributed by atoms with Crippen molar-refractivity contribution in [2.75, 3.05) is 25.1 Å². The van der Waals surface area contributed by atoms with Crippen LogP contribution in [-0.4, -0.2) is 41.2 Å². The molecule has 0 amide bonds. The number of rotatable bonds is 3. The van der Waals surface area contributed by atoms with Crippen molar-refractivity contribution in [2.45, 2.75) is 19.8 Å². The van der Waals surface area contributed by atoms with Crippen molar-refractivity contribution in [3.8, 4) is 5.88 Å². The highest BCUT2D eigenvalue weighted by Gasteiger charge is 2.37. The number of ether oxygens (including phenoxy) is 1. The van der Waals surface area contributed by atoms with Crippen LogP contribution in [0.3, 0.4) is 0 Å². The van der Waals surface area contributed by atoms with Gasteiger partial charge in [-0.15, -0.1) is 0 Å². The number of hydrogen-bond acceptors (Lipinski definition) is 5. The number of hydrogen-bond donors (Lipinski definition) is 1. The van der Waals surface area contributed by atoms with E-state index in [4.69, 9.17) is 4.74 Å². The third kappa shape index (κ3) is 2.37. The second-order valence-corrected chi connectivity index (χ2v) is 4.77. The molecule has 1 aliphatic rings. The van der Waals surface area contributed by atoms with Crippen LogP contribution in [-0.2, 0) is 4.79 Å². The topological polar surface area (TPSA) is 75.5 Å². The zero-order chi connectivity index (χ0) is 13.2. The van der Waals surface area contributed by atoms with E-state index in [0.29, 0.717) is 31.8 Å². The lowest BCUT2D eigenvalue weighted by molar-refractivity contribution is -0.149. The summed E-state index contributed by atoms with van der Waals surface area (Å²) in [6, 6.07) is 1.77. The molecule has 0 spiro atoms. The fraction of sp³-hybridized carbons (Fsp3) is 0.583. The molecular formula is C12H17N3O3. The molecule has 2 heterocycles. The summed E-state index contributed by atoms with van der Waals surface area (Å²) in [5.41, 5.74) is -0.617. The van der Waals surface area contributed by atoms with E-state index in [0.717, 1.165) is 5.82 Å². The van der Waals surface area contributed by atoms with E-state index in [9.17, 15) is 9.90 Å². The minimum Gasteiger partial charge on any atom is -0.481 e. The van der Waals surface area contributed by atoms with E-state index in [2.05, 4.69) is 14.9 Å². The number of carboxylic acids is 1. The van der Waals surface area contributed by atoms with Gasteiger partial charge in [-0.1, -0.05) is 0 Å². The fourth-order valence-electron chi connectivity index (χ4n) is 2.06. The van der Waals surface area contributed by atoms with Crippen LogP contribution in [0.15, 0.2) is 12.4 Å². The van der Waals surface area contributed by atoms with Crippen LogP contribution < -0.4 is 9.64 Å². The second-order valence-electron chi connectivity index (χ2n) is 4.77. The summed E-state index contributed by atoms with van der Waals surface area (Å²) in [6.07, 6.45) is 2.70. The quantitative estimate of drug-likeness (QED) is 0.869. The maximum atomic E-state index is 11.2. The first-order chi connectivity index (χ1) is 8.55. The Labute approximate surface area is 106 Å². The lowest BCUT2D eigenvalue weighted by Gasteiger charge is -2.36. The van der Waals surface area contributed by atoms with Gasteiger partial charge in [0.2, 0.25) is 5.88 Å². The standard InChI is InChI=1S/C12H17N3O3/c1-12(11(16)17)3-5-15(6-4-12)9-7-10(18-2)14-8-13-9/h7-8H,3-6H2,1-2H3,(H,16,17). The van der Waals surface area contributed by atoms with Gasteiger partial charge in [-0.2, -0.15) is 0 Å². The van der Waals surface area contributed by atoms with Crippen molar-refractivity contribution in [2.24, 2.45) is 5.41 Å². The van der Waals surface area contributed by atoms with Crippen LogP contribution >= 0.6 is 0 Å². The van der Waals surface area contributed by atoms with Crippen LogP contribution in [0.2, 0.25) is 0 Å². The molecule has 0 aliphatic carbocycles. The molecule has 0 atom stereocenters. The summed E-state index contributed by atoms with van der Waals surface area (Å²) in [4.78, 5) is 21.4. The van der Waals surface area contributed by atoms with Crippen molar-refractivity contribution in [1.29, 1.82) is 0 Å². The summed E-state index contributed by atoms with van der Waals surface area (Å²) >= 11 is 0. The van der Waals surface area contributed by atoms with Crippen LogP contribution in [0.5, 0.6) is 5.88 Å². The Hall–Kier alpha value is -1.85. The zero-order valence-corrected chi connectivity index (χ0v) is 10.6. The van der Waals surface area contributed by atoms with Gasteiger partial charge in [0.1, 0.15) is 12.1 Å². The van der Waals surface area contributed by atoms with Gasteiger partial charge in [-0.05, 0) is 19.8 Å². The molecule has 0 unspecified atom stereocenters. The molecule has 0 radical (unpaired) electrons. The number of carboxylic acid groups (broad SMARTS) is 1. The molecule has 0 aromatic carbocycles. The Balaban J connectivity index is 2.07. The highest BCUT2D eigenvalue weighted by molar-refractivity contribution is 5.74. The molecule has 1 aliphatic heterocycles. The van der Waals surface area contributed by atoms with E-state index in [1.165, 1.54) is 6.33 Å². The van der Waals surface area contributed by atoms with E-state index < -0.39 is 11.4 Å². The number of piperidine rings is 1. The normalized spacial score (nSPS) is 18.4. The first kappa shape index (κ1) is 12.6. The molecule has 18 heavy (non-hydrogen) atoms. The third-order valence-corrected chi connectivity index (χ3v) is 3.54. The monoisotopic (exact) mass is 251 g/mol. The Morgan fingerprint density at radius 2 is 2.11 bits per heavy atom. The van der Waals surface area contributed by atoms with Gasteiger partial charge < -0.3 is 14.7 Å². The SMILES string of the molecule is COc1cc(N2CCC(C)(C(=O)O)CC2)ncn1. The average Bonchev–Trinajstić information content (AvgIpc) is 2.39. The highest BCUT2D eigenvalue weighted by atomic mass is 16.5. The highest BCUT2D eigenvalue weighted by Crippen LogP contribution is 2.32. The first-order valence-electron chi connectivity index (χ1n) is 5.89. The minimum absolute atomic E-state index is 0.520. The van der Waals surface area contributed by atoms with Crippen LogP contribution in [0.4, 0.5) is 5.82 Å². The molecule has 0 saturated carbocycles. The largest absolute Gasteiger partial charge is 0.481 e. The average molecular weight is 251 g/mol. The van der Waals surface area contributed by atoms with Crippen molar-refractivity contribution in [3.63, 3.8) is 0 Å². The van der Waals surface area contributed by atoms with Gasteiger partial charge in [0.15, 0.2) is 0 Å². The summed E-state index contributed by atoms with van der Waals surface area (Å²) in [5.74, 6) is 0.586. The Bertz CT molecular complexity index is 442. The molecule has 2 rings (SSSR count). The van der Waals surface area contributed by atoms with Crippen molar-refractivity contribution in [3.05, 3.63) is 12.4 Å². The summed E-state index contributed by atoms with van der Waals surface area (Å²) in [6.45, 7) is 3.17. The van der Waals surface area contributed by atoms with Crippen LogP contribution in [0.25, 0.3) is 0 Å². The number of carbonyl (C=O) groups is 1. The van der Waals surface area contributed by atoms with Gasteiger partial charge in [-0.25, -0.2) is 9.97 Å². The van der Waals surface area contributed by atoms with Crippen molar-refractivity contribution >= 4 is 11.8 Å². The molecule has 1 aromatic rings. The lowest BCUT2D eigenvalue weighted by Crippen LogP contribution is -2.43. The summed E-state index contributed by atoms with van der Waals surface area (Å²) < 4.78 is 5.05. The maximum absolute atomic E-state index is 11.2. The molecule has 6 nitrogen and oxygen atoms in total. The van der Waals surface area contributed by atoms with Crippen LogP contribution in [0.1, 0.15) is 19.8 Å². The molecule has 0 bridgehead atoms. The molecule has 98 valence electrons. The van der Waals surface area contributed by atoms with E-state index >= 15 is 0 Å². The third-order valence-electron chi connectivity index (χ3n) is 3.54. The van der Waals surface area contributed by atoms with Gasteiger partial charge in [0, 0.05) is 19.2 Å². The smallest absolute Gasteiger partial charge is 0.309 e. The van der Waals surface area contributed by atoms with E-state index in [1.807, 2.05) is 0 Å². The van der Waals surface area contributed by atoms with E-state index in [1.54, 1.807) is 20.1 Å². The summed E-state index contributed by atoms with van der Waals surface area (Å²) in [7, 11) is 1.56. The zero-order valence-electron chi connectivity index (χ0n) is 10.6. The van der Waals surface area contributed by atoms with Gasteiger partial charge in [-0.3, -0.25) is 4.79 Å². The number of methoxy groups -OCH3 is 1. The molecule has 1 fully saturated rings. The second kappa shape index (κ2) is 4.80. The summed E-state index contributed by atoms with van der Waals surface area (Å²) in [5, 5.41) is 9.17. The number of nitrogens with zero attached hydrogens (tertiary/aromatic N) is 3. The number of aromatic nitrogens is 2. The lowest BCUT2D eigenvalue weighted by atomic mass is 9.80. The Morgan fingerprint density at radius 1 is 1.44 bits per heavy atom. The Morgan fingerprint density at radius 3 is 2.67 bits per heavy atom. The van der Waals surface area contributed by atoms with Gasteiger partial charge >= 0.3 is 5.97 Å². The molecule has 1 saturated heterocycles. The fourth-order valence-corrected chi connectivity index (χ4v) is 2.06. The Kier molecular flexibility index (Phi) is 3.36. The predicted octanol–water partition coefficient (Wildman–Crippen LogP) is 1.18. The van der Waals surface area contributed by atoms with Crippen LogP contribution in [0, 0.1) is 5.41 Å². The van der Waals surface area contributed by atoms with Gasteiger partial charge in [0.25, 0.3) is 0 Å². The number of anilines is 1. The number of aliphatic carboxylic acids is 1. The van der Waals surface area contributed by atoms with Gasteiger partial charge in [0.05, 0.1) is 12.5 Å². The molecule has 6 heteroatoms. The molecule has 1 N–H and O–H groups in total. The predicted molar refractivity (Wildman–Crippen MR) is 65.8 cm³/mol. The molecular weight excluding hydrogens is 234 g/mol. The first-order valence-corrected chi connectivity index (χ1v) is 5.89. The minimum atomic E-state index is -0.720. The van der Waals surface area contributed by atoms with Crippen molar-refractivity contribution < 1.29 is 14.6 Å². The van der Waals surface area contributed by atoms with E-state index in [-0.39, 0.29) is 0 Å². The van der Waals surface area contributed by atoms with Crippen molar-refractivity contribution in [1.82, 2.24) is 9.97 Å². The molecule has 1 aromatic heterocycles.